The summed E-state index contributed by atoms with van der Waals surface area (Å²) in [5, 5.41) is 12.0. The van der Waals surface area contributed by atoms with Crippen LogP contribution in [0.25, 0.3) is 0 Å². The molecule has 0 aliphatic carbocycles. The predicted octanol–water partition coefficient (Wildman–Crippen LogP) is 2.57. The van der Waals surface area contributed by atoms with Crippen molar-refractivity contribution in [1.82, 2.24) is 10.3 Å². The first-order valence-electron chi connectivity index (χ1n) is 7.81. The molecular weight excluding hydrogens is 314 g/mol. The lowest BCUT2D eigenvalue weighted by Gasteiger charge is -2.17. The Kier molecular flexibility index (Phi) is 6.81. The number of benzene rings is 1. The molecule has 0 bridgehead atoms. The van der Waals surface area contributed by atoms with Crippen LogP contribution >= 0.6 is 0 Å². The van der Waals surface area contributed by atoms with E-state index in [-0.39, 0.29) is 36.8 Å². The topological polar surface area (TPSA) is 62.2 Å². The molecule has 0 aliphatic rings. The summed E-state index contributed by atoms with van der Waals surface area (Å²) in [7, 11) is 0. The molecule has 2 rings (SSSR count). The molecule has 1 atom stereocenters. The Morgan fingerprint density at radius 1 is 1.21 bits per heavy atom. The highest BCUT2D eigenvalue weighted by Crippen LogP contribution is 2.18. The number of carbonyl (C=O) groups excluding carboxylic acids is 1. The number of pyridine rings is 1. The Bertz CT molecular complexity index is 665. The van der Waals surface area contributed by atoms with Gasteiger partial charge in [-0.1, -0.05) is 0 Å². The Morgan fingerprint density at radius 2 is 1.96 bits per heavy atom. The van der Waals surface area contributed by atoms with Crippen molar-refractivity contribution in [1.29, 1.82) is 0 Å². The number of halogens is 2. The second-order valence-corrected chi connectivity index (χ2v) is 5.53. The number of nitrogens with zero attached hydrogens (tertiary/aromatic N) is 1. The quantitative estimate of drug-likeness (QED) is 0.780. The highest BCUT2D eigenvalue weighted by Gasteiger charge is 2.13. The highest BCUT2D eigenvalue weighted by molar-refractivity contribution is 5.76. The first-order chi connectivity index (χ1) is 11.6. The number of aliphatic hydroxyl groups excluding tert-OH is 1. The van der Waals surface area contributed by atoms with Gasteiger partial charge in [-0.3, -0.25) is 9.78 Å². The molecule has 0 aliphatic heterocycles. The lowest BCUT2D eigenvalue weighted by atomic mass is 9.97. The minimum Gasteiger partial charge on any atom is -0.396 e. The number of carbonyl (C=O) groups is 1. The summed E-state index contributed by atoms with van der Waals surface area (Å²) >= 11 is 0. The Morgan fingerprint density at radius 3 is 2.67 bits per heavy atom. The van der Waals surface area contributed by atoms with Crippen LogP contribution in [0.1, 0.15) is 29.9 Å². The maximum atomic E-state index is 13.5. The van der Waals surface area contributed by atoms with E-state index in [0.29, 0.717) is 13.0 Å². The van der Waals surface area contributed by atoms with E-state index in [1.54, 1.807) is 12.4 Å². The van der Waals surface area contributed by atoms with Crippen molar-refractivity contribution in [2.75, 3.05) is 13.2 Å². The van der Waals surface area contributed by atoms with Crippen molar-refractivity contribution < 1.29 is 18.7 Å². The monoisotopic (exact) mass is 334 g/mol. The van der Waals surface area contributed by atoms with Crippen LogP contribution in [-0.2, 0) is 11.2 Å². The van der Waals surface area contributed by atoms with Crippen LogP contribution in [0.3, 0.4) is 0 Å². The molecule has 1 aromatic heterocycles. The van der Waals surface area contributed by atoms with Gasteiger partial charge >= 0.3 is 0 Å². The summed E-state index contributed by atoms with van der Waals surface area (Å²) < 4.78 is 26.6. The fraction of sp³-hybridized carbons (Fsp3) is 0.333. The molecule has 0 saturated carbocycles. The Labute approximate surface area is 139 Å². The van der Waals surface area contributed by atoms with Crippen molar-refractivity contribution in [3.8, 4) is 0 Å². The summed E-state index contributed by atoms with van der Waals surface area (Å²) in [6, 6.07) is 6.90. The number of aromatic nitrogens is 1. The third-order valence-corrected chi connectivity index (χ3v) is 3.83. The second-order valence-electron chi connectivity index (χ2n) is 5.53. The van der Waals surface area contributed by atoms with Crippen molar-refractivity contribution in [3.63, 3.8) is 0 Å². The second kappa shape index (κ2) is 9.08. The van der Waals surface area contributed by atoms with Gasteiger partial charge in [0.25, 0.3) is 0 Å². The summed E-state index contributed by atoms with van der Waals surface area (Å²) in [6.45, 7) is 0.381. The van der Waals surface area contributed by atoms with Crippen LogP contribution in [0.2, 0.25) is 0 Å². The lowest BCUT2D eigenvalue weighted by Crippen LogP contribution is -2.29. The number of aliphatic hydroxyl groups is 1. The van der Waals surface area contributed by atoms with Gasteiger partial charge in [-0.2, -0.15) is 0 Å². The average Bonchev–Trinajstić information content (AvgIpc) is 2.60. The van der Waals surface area contributed by atoms with Gasteiger partial charge in [0, 0.05) is 37.9 Å². The normalized spacial score (nSPS) is 12.0. The van der Waals surface area contributed by atoms with Crippen LogP contribution in [-0.4, -0.2) is 29.1 Å². The number of nitrogens with one attached hydrogen (secondary N) is 1. The van der Waals surface area contributed by atoms with E-state index in [1.807, 2.05) is 12.1 Å². The van der Waals surface area contributed by atoms with E-state index in [9.17, 15) is 13.6 Å². The van der Waals surface area contributed by atoms with Crippen molar-refractivity contribution in [2.45, 2.75) is 25.2 Å². The Hall–Kier alpha value is -2.34. The first-order valence-corrected chi connectivity index (χ1v) is 7.81. The molecule has 6 heteroatoms. The molecule has 1 unspecified atom stereocenters. The van der Waals surface area contributed by atoms with Crippen LogP contribution in [0.15, 0.2) is 42.7 Å². The molecule has 2 N–H and O–H groups in total. The molecule has 1 heterocycles. The van der Waals surface area contributed by atoms with Gasteiger partial charge in [0.05, 0.1) is 0 Å². The molecule has 24 heavy (non-hydrogen) atoms. The molecule has 1 aromatic carbocycles. The van der Waals surface area contributed by atoms with E-state index in [4.69, 9.17) is 5.11 Å². The fourth-order valence-electron chi connectivity index (χ4n) is 2.49. The van der Waals surface area contributed by atoms with Crippen molar-refractivity contribution in [2.24, 2.45) is 0 Å². The summed E-state index contributed by atoms with van der Waals surface area (Å²) in [5.41, 5.74) is 1.17. The number of rotatable bonds is 8. The largest absolute Gasteiger partial charge is 0.396 e. The maximum absolute atomic E-state index is 13.5. The lowest BCUT2D eigenvalue weighted by molar-refractivity contribution is -0.121. The van der Waals surface area contributed by atoms with Gasteiger partial charge in [0.2, 0.25) is 5.91 Å². The van der Waals surface area contributed by atoms with Crippen LogP contribution in [0.4, 0.5) is 8.78 Å². The summed E-state index contributed by atoms with van der Waals surface area (Å²) in [5.74, 6) is -1.30. The zero-order chi connectivity index (χ0) is 17.4. The summed E-state index contributed by atoms with van der Waals surface area (Å²) in [6.07, 6.45) is 4.04. The van der Waals surface area contributed by atoms with Crippen LogP contribution < -0.4 is 5.32 Å². The van der Waals surface area contributed by atoms with Gasteiger partial charge in [-0.05, 0) is 54.3 Å². The number of amides is 1. The zero-order valence-electron chi connectivity index (χ0n) is 13.2. The number of hydrogen-bond acceptors (Lipinski definition) is 3. The summed E-state index contributed by atoms with van der Waals surface area (Å²) in [4.78, 5) is 15.9. The SMILES string of the molecule is O=C(CCc1cc(F)ccc1F)NCC(CCO)c1ccncc1. The van der Waals surface area contributed by atoms with Gasteiger partial charge in [0.1, 0.15) is 11.6 Å². The zero-order valence-corrected chi connectivity index (χ0v) is 13.2. The first kappa shape index (κ1) is 18.0. The molecule has 4 nitrogen and oxygen atoms in total. The molecule has 0 radical (unpaired) electrons. The van der Waals surface area contributed by atoms with E-state index in [0.717, 1.165) is 23.8 Å². The molecule has 128 valence electrons. The van der Waals surface area contributed by atoms with Gasteiger partial charge < -0.3 is 10.4 Å². The molecule has 1 amide bonds. The van der Waals surface area contributed by atoms with E-state index in [2.05, 4.69) is 10.3 Å². The number of hydrogen-bond donors (Lipinski definition) is 2. The third kappa shape index (κ3) is 5.38. The molecular formula is C18H20F2N2O2. The van der Waals surface area contributed by atoms with E-state index >= 15 is 0 Å². The average molecular weight is 334 g/mol. The van der Waals surface area contributed by atoms with Gasteiger partial charge in [-0.25, -0.2) is 8.78 Å². The van der Waals surface area contributed by atoms with Crippen molar-refractivity contribution in [3.05, 3.63) is 65.5 Å². The van der Waals surface area contributed by atoms with E-state index < -0.39 is 11.6 Å². The van der Waals surface area contributed by atoms with E-state index in [1.165, 1.54) is 0 Å². The fourth-order valence-corrected chi connectivity index (χ4v) is 2.49. The minimum atomic E-state index is -0.521. The highest BCUT2D eigenvalue weighted by atomic mass is 19.1. The van der Waals surface area contributed by atoms with Crippen LogP contribution in [0.5, 0.6) is 0 Å². The maximum Gasteiger partial charge on any atom is 0.220 e. The molecule has 2 aromatic rings. The molecule has 0 spiro atoms. The number of aryl methyl sites for hydroxylation is 1. The minimum absolute atomic E-state index is 0.0113. The smallest absolute Gasteiger partial charge is 0.220 e. The van der Waals surface area contributed by atoms with Gasteiger partial charge in [0.15, 0.2) is 0 Å². The standard InChI is InChI=1S/C18H20F2N2O2/c19-16-2-3-17(20)14(11-16)1-4-18(24)22-12-15(7-10-23)13-5-8-21-9-6-13/h2-3,5-6,8-9,11,15,23H,1,4,7,10,12H2,(H,22,24). The van der Waals surface area contributed by atoms with Crippen LogP contribution in [0, 0.1) is 11.6 Å². The van der Waals surface area contributed by atoms with Gasteiger partial charge in [-0.15, -0.1) is 0 Å². The van der Waals surface area contributed by atoms with Crippen molar-refractivity contribution >= 4 is 5.91 Å². The molecule has 0 saturated heterocycles. The third-order valence-electron chi connectivity index (χ3n) is 3.83. The predicted molar refractivity (Wildman–Crippen MR) is 86.4 cm³/mol. The molecule has 0 fully saturated rings. The Balaban J connectivity index is 1.86.